The van der Waals surface area contributed by atoms with Crippen molar-refractivity contribution in [1.82, 2.24) is 5.32 Å². The van der Waals surface area contributed by atoms with Crippen molar-refractivity contribution in [3.05, 3.63) is 36.4 Å². The molecule has 6 nitrogen and oxygen atoms in total. The number of methoxy groups -OCH3 is 1. The summed E-state index contributed by atoms with van der Waals surface area (Å²) in [6.07, 6.45) is 6.89. The van der Waals surface area contributed by atoms with Crippen LogP contribution in [0.25, 0.3) is 0 Å². The molecule has 25 heavy (non-hydrogen) atoms. The highest BCUT2D eigenvalue weighted by Crippen LogP contribution is 2.42. The van der Waals surface area contributed by atoms with Crippen molar-refractivity contribution in [2.75, 3.05) is 31.6 Å². The zero-order valence-electron chi connectivity index (χ0n) is 14.4. The third-order valence-corrected chi connectivity index (χ3v) is 5.08. The van der Waals surface area contributed by atoms with E-state index in [4.69, 9.17) is 9.84 Å². The lowest BCUT2D eigenvalue weighted by atomic mass is 9.94. The van der Waals surface area contributed by atoms with E-state index in [1.54, 1.807) is 36.3 Å². The molecule has 0 aromatic heterocycles. The number of carboxylic acids is 1. The van der Waals surface area contributed by atoms with Crippen LogP contribution in [0.4, 0.5) is 5.69 Å². The Labute approximate surface area is 147 Å². The van der Waals surface area contributed by atoms with Gasteiger partial charge in [0.2, 0.25) is 5.91 Å². The lowest BCUT2D eigenvalue weighted by Gasteiger charge is -2.24. The largest absolute Gasteiger partial charge is 0.497 e. The zero-order chi connectivity index (χ0) is 17.8. The molecular weight excluding hydrogens is 320 g/mol. The molecule has 6 heteroatoms. The molecule has 1 saturated carbocycles. The van der Waals surface area contributed by atoms with Crippen LogP contribution in [-0.4, -0.2) is 43.7 Å². The van der Waals surface area contributed by atoms with E-state index in [0.29, 0.717) is 35.7 Å². The topological polar surface area (TPSA) is 78.9 Å². The summed E-state index contributed by atoms with van der Waals surface area (Å²) >= 11 is 0. The second-order valence-corrected chi connectivity index (χ2v) is 6.79. The first kappa shape index (κ1) is 17.3. The van der Waals surface area contributed by atoms with Gasteiger partial charge in [-0.05, 0) is 54.9 Å². The number of rotatable bonds is 8. The van der Waals surface area contributed by atoms with Crippen LogP contribution in [0, 0.1) is 17.8 Å². The minimum absolute atomic E-state index is 0.0231. The third-order valence-electron chi connectivity index (χ3n) is 5.08. The number of hydrogen-bond acceptors (Lipinski definition) is 4. The molecule has 2 aliphatic rings. The standard InChI is InChI=1S/C19H24N2O4/c1-25-17-6-4-16(5-7-17)21(12-19(23)24)11-18(22)20-10-15-9-13-2-3-14(15)8-13/h2-7,13-15H,8-12H2,1H3,(H,20,22)(H,23,24)/t13-,14-,15+/m1/s1. The van der Waals surface area contributed by atoms with Crippen molar-refractivity contribution in [2.24, 2.45) is 17.8 Å². The number of hydrogen-bond donors (Lipinski definition) is 2. The first-order valence-electron chi connectivity index (χ1n) is 8.61. The molecule has 2 bridgehead atoms. The number of benzene rings is 1. The van der Waals surface area contributed by atoms with E-state index < -0.39 is 5.97 Å². The Bertz CT molecular complexity index is 656. The molecule has 0 aliphatic heterocycles. The van der Waals surface area contributed by atoms with Crippen LogP contribution in [0.15, 0.2) is 36.4 Å². The van der Waals surface area contributed by atoms with Crippen LogP contribution in [0.2, 0.25) is 0 Å². The smallest absolute Gasteiger partial charge is 0.323 e. The Balaban J connectivity index is 1.56. The summed E-state index contributed by atoms with van der Waals surface area (Å²) in [7, 11) is 1.57. The molecule has 3 rings (SSSR count). The number of aliphatic carboxylic acids is 1. The van der Waals surface area contributed by atoms with Gasteiger partial charge in [-0.1, -0.05) is 12.2 Å². The molecular formula is C19H24N2O4. The van der Waals surface area contributed by atoms with Crippen molar-refractivity contribution >= 4 is 17.6 Å². The summed E-state index contributed by atoms with van der Waals surface area (Å²) < 4.78 is 5.11. The summed E-state index contributed by atoms with van der Waals surface area (Å²) in [5, 5.41) is 12.1. The Morgan fingerprint density at radius 2 is 1.96 bits per heavy atom. The summed E-state index contributed by atoms with van der Waals surface area (Å²) in [5.74, 6) is 1.34. The Kier molecular flexibility index (Phi) is 5.26. The molecule has 3 atom stereocenters. The van der Waals surface area contributed by atoms with E-state index in [-0.39, 0.29) is 19.0 Å². The molecule has 1 aromatic carbocycles. The number of carbonyl (C=O) groups is 2. The van der Waals surface area contributed by atoms with E-state index >= 15 is 0 Å². The maximum absolute atomic E-state index is 12.3. The van der Waals surface area contributed by atoms with E-state index in [1.807, 2.05) is 0 Å². The summed E-state index contributed by atoms with van der Waals surface area (Å²) in [6.45, 7) is 0.458. The Morgan fingerprint density at radius 1 is 1.20 bits per heavy atom. The second kappa shape index (κ2) is 7.59. The van der Waals surface area contributed by atoms with Gasteiger partial charge in [-0.2, -0.15) is 0 Å². The van der Waals surface area contributed by atoms with Crippen LogP contribution < -0.4 is 15.0 Å². The van der Waals surface area contributed by atoms with E-state index in [1.165, 1.54) is 6.42 Å². The van der Waals surface area contributed by atoms with Gasteiger partial charge in [0.15, 0.2) is 0 Å². The number of ether oxygens (including phenoxy) is 1. The van der Waals surface area contributed by atoms with Crippen molar-refractivity contribution in [3.8, 4) is 5.75 Å². The first-order chi connectivity index (χ1) is 12.0. The molecule has 2 aliphatic carbocycles. The van der Waals surface area contributed by atoms with Crippen LogP contribution in [-0.2, 0) is 9.59 Å². The van der Waals surface area contributed by atoms with Gasteiger partial charge in [-0.25, -0.2) is 0 Å². The zero-order valence-corrected chi connectivity index (χ0v) is 14.4. The van der Waals surface area contributed by atoms with Crippen LogP contribution in [0.1, 0.15) is 12.8 Å². The molecule has 0 saturated heterocycles. The van der Waals surface area contributed by atoms with Crippen LogP contribution in [0.5, 0.6) is 5.75 Å². The fraction of sp³-hybridized carbons (Fsp3) is 0.474. The van der Waals surface area contributed by atoms with E-state index in [0.717, 1.165) is 6.42 Å². The van der Waals surface area contributed by atoms with Crippen molar-refractivity contribution in [3.63, 3.8) is 0 Å². The van der Waals surface area contributed by atoms with Crippen LogP contribution >= 0.6 is 0 Å². The Morgan fingerprint density at radius 3 is 2.52 bits per heavy atom. The second-order valence-electron chi connectivity index (χ2n) is 6.79. The van der Waals surface area contributed by atoms with Gasteiger partial charge in [0, 0.05) is 12.2 Å². The minimum Gasteiger partial charge on any atom is -0.497 e. The monoisotopic (exact) mass is 344 g/mol. The van der Waals surface area contributed by atoms with Crippen molar-refractivity contribution in [1.29, 1.82) is 0 Å². The molecule has 1 amide bonds. The Hall–Kier alpha value is -2.50. The molecule has 1 aromatic rings. The predicted octanol–water partition coefficient (Wildman–Crippen LogP) is 1.91. The van der Waals surface area contributed by atoms with Gasteiger partial charge in [0.25, 0.3) is 0 Å². The molecule has 134 valence electrons. The van der Waals surface area contributed by atoms with Crippen LogP contribution in [0.3, 0.4) is 0 Å². The highest BCUT2D eigenvalue weighted by molar-refractivity contribution is 5.84. The van der Waals surface area contributed by atoms with E-state index in [2.05, 4.69) is 17.5 Å². The maximum Gasteiger partial charge on any atom is 0.323 e. The summed E-state index contributed by atoms with van der Waals surface area (Å²) in [5.41, 5.74) is 0.682. The third kappa shape index (κ3) is 4.32. The predicted molar refractivity (Wildman–Crippen MR) is 94.7 cm³/mol. The van der Waals surface area contributed by atoms with Gasteiger partial charge >= 0.3 is 5.97 Å². The normalized spacial score (nSPS) is 23.5. The number of anilines is 1. The highest BCUT2D eigenvalue weighted by atomic mass is 16.5. The average Bonchev–Trinajstić information content (AvgIpc) is 3.22. The number of fused-ring (bicyclic) bond motifs is 2. The number of allylic oxidation sites excluding steroid dienone is 2. The number of carbonyl (C=O) groups excluding carboxylic acids is 1. The SMILES string of the molecule is COc1ccc(N(CC(=O)O)CC(=O)NC[C@@H]2C[C@@H]3C=C[C@@H]2C3)cc1. The van der Waals surface area contributed by atoms with Gasteiger partial charge in [0.05, 0.1) is 13.7 Å². The summed E-state index contributed by atoms with van der Waals surface area (Å²) in [6, 6.07) is 7.03. The van der Waals surface area contributed by atoms with Crippen molar-refractivity contribution < 1.29 is 19.4 Å². The van der Waals surface area contributed by atoms with Crippen molar-refractivity contribution in [2.45, 2.75) is 12.8 Å². The number of carboxylic acid groups (broad SMARTS) is 1. The quantitative estimate of drug-likeness (QED) is 0.705. The molecule has 0 spiro atoms. The summed E-state index contributed by atoms with van der Waals surface area (Å²) in [4.78, 5) is 25.0. The minimum atomic E-state index is -0.971. The van der Waals surface area contributed by atoms with Gasteiger partial charge in [-0.3, -0.25) is 9.59 Å². The number of amides is 1. The van der Waals surface area contributed by atoms with Gasteiger partial charge < -0.3 is 20.1 Å². The number of nitrogens with zero attached hydrogens (tertiary/aromatic N) is 1. The lowest BCUT2D eigenvalue weighted by molar-refractivity contribution is -0.135. The first-order valence-corrected chi connectivity index (χ1v) is 8.61. The molecule has 0 unspecified atom stereocenters. The molecule has 0 radical (unpaired) electrons. The fourth-order valence-corrected chi connectivity index (χ4v) is 3.80. The maximum atomic E-state index is 12.3. The number of nitrogens with one attached hydrogen (secondary N) is 1. The lowest BCUT2D eigenvalue weighted by Crippen LogP contribution is -2.41. The van der Waals surface area contributed by atoms with E-state index in [9.17, 15) is 9.59 Å². The van der Waals surface area contributed by atoms with Gasteiger partial charge in [0.1, 0.15) is 12.3 Å². The fourth-order valence-electron chi connectivity index (χ4n) is 3.80. The molecule has 0 heterocycles. The average molecular weight is 344 g/mol. The highest BCUT2D eigenvalue weighted by Gasteiger charge is 2.35. The van der Waals surface area contributed by atoms with Gasteiger partial charge in [-0.15, -0.1) is 0 Å². The molecule has 2 N–H and O–H groups in total. The molecule has 1 fully saturated rings.